The Kier molecular flexibility index (Phi) is 4.13. The molecule has 110 valence electrons. The van der Waals surface area contributed by atoms with E-state index in [2.05, 4.69) is 29.0 Å². The molecule has 3 rings (SSSR count). The van der Waals surface area contributed by atoms with E-state index in [1.807, 2.05) is 0 Å². The summed E-state index contributed by atoms with van der Waals surface area (Å²) < 4.78 is 6.03. The summed E-state index contributed by atoms with van der Waals surface area (Å²) in [5.74, 6) is 0. The first-order valence-electron chi connectivity index (χ1n) is 7.99. The predicted octanol–water partition coefficient (Wildman–Crippen LogP) is 0.924. The quantitative estimate of drug-likeness (QED) is 0.820. The van der Waals surface area contributed by atoms with Crippen LogP contribution in [0.2, 0.25) is 0 Å². The zero-order valence-corrected chi connectivity index (χ0v) is 12.5. The number of hydrogen-bond donors (Lipinski definition) is 1. The van der Waals surface area contributed by atoms with Crippen LogP contribution in [0.25, 0.3) is 0 Å². The normalized spacial score (nSPS) is 35.7. The highest BCUT2D eigenvalue weighted by Gasteiger charge is 2.34. The summed E-state index contributed by atoms with van der Waals surface area (Å²) in [6.07, 6.45) is 4.22. The Morgan fingerprint density at radius 1 is 1.26 bits per heavy atom. The monoisotopic (exact) mass is 267 g/mol. The molecule has 0 amide bonds. The fraction of sp³-hybridized carbons (Fsp3) is 1.00. The van der Waals surface area contributed by atoms with Gasteiger partial charge in [0.2, 0.25) is 0 Å². The van der Waals surface area contributed by atoms with Crippen LogP contribution < -0.4 is 5.32 Å². The molecule has 0 radical (unpaired) electrons. The second-order valence-corrected chi connectivity index (χ2v) is 6.89. The standard InChI is InChI=1S/C15H29N3O/c1-13-9-18-6-4-3-5-14(18)10-17(13)7-8-19-15(2)11-16-12-15/h13-14,16H,3-12H2,1-2H3. The van der Waals surface area contributed by atoms with Gasteiger partial charge in [-0.05, 0) is 33.2 Å². The van der Waals surface area contributed by atoms with Crippen molar-refractivity contribution in [2.45, 2.75) is 50.8 Å². The largest absolute Gasteiger partial charge is 0.371 e. The highest BCUT2D eigenvalue weighted by Crippen LogP contribution is 2.24. The number of hydrogen-bond acceptors (Lipinski definition) is 4. The van der Waals surface area contributed by atoms with E-state index in [4.69, 9.17) is 4.74 Å². The van der Waals surface area contributed by atoms with Crippen LogP contribution in [0.5, 0.6) is 0 Å². The molecule has 0 aromatic carbocycles. The summed E-state index contributed by atoms with van der Waals surface area (Å²) in [7, 11) is 0. The molecule has 0 spiro atoms. The fourth-order valence-corrected chi connectivity index (χ4v) is 3.71. The molecule has 3 aliphatic rings. The molecule has 4 nitrogen and oxygen atoms in total. The third-order valence-corrected chi connectivity index (χ3v) is 5.14. The van der Waals surface area contributed by atoms with Gasteiger partial charge in [-0.3, -0.25) is 9.80 Å². The summed E-state index contributed by atoms with van der Waals surface area (Å²) in [6, 6.07) is 1.50. The zero-order valence-electron chi connectivity index (χ0n) is 12.5. The minimum Gasteiger partial charge on any atom is -0.371 e. The summed E-state index contributed by atoms with van der Waals surface area (Å²) >= 11 is 0. The fourth-order valence-electron chi connectivity index (χ4n) is 3.71. The molecule has 3 saturated heterocycles. The lowest BCUT2D eigenvalue weighted by Crippen LogP contribution is -2.61. The van der Waals surface area contributed by atoms with E-state index in [1.54, 1.807) is 0 Å². The van der Waals surface area contributed by atoms with Crippen LogP contribution in [0, 0.1) is 0 Å². The molecule has 4 heteroatoms. The molecule has 0 bridgehead atoms. The second-order valence-electron chi connectivity index (χ2n) is 6.89. The van der Waals surface area contributed by atoms with Gasteiger partial charge in [-0.2, -0.15) is 0 Å². The smallest absolute Gasteiger partial charge is 0.0902 e. The van der Waals surface area contributed by atoms with Gasteiger partial charge in [0.15, 0.2) is 0 Å². The first-order valence-corrected chi connectivity index (χ1v) is 7.99. The molecular weight excluding hydrogens is 238 g/mol. The maximum absolute atomic E-state index is 6.03. The van der Waals surface area contributed by atoms with Gasteiger partial charge >= 0.3 is 0 Å². The Balaban J connectivity index is 1.44. The lowest BCUT2D eigenvalue weighted by molar-refractivity contribution is -0.0815. The molecular formula is C15H29N3O. The van der Waals surface area contributed by atoms with Gasteiger partial charge in [0, 0.05) is 44.8 Å². The van der Waals surface area contributed by atoms with Crippen molar-refractivity contribution < 1.29 is 4.74 Å². The number of piperazine rings is 1. The third-order valence-electron chi connectivity index (χ3n) is 5.14. The van der Waals surface area contributed by atoms with Gasteiger partial charge in [-0.25, -0.2) is 0 Å². The van der Waals surface area contributed by atoms with Crippen LogP contribution in [0.15, 0.2) is 0 Å². The Morgan fingerprint density at radius 2 is 2.11 bits per heavy atom. The minimum atomic E-state index is 0.107. The number of rotatable bonds is 4. The second kappa shape index (κ2) is 5.68. The average molecular weight is 267 g/mol. The molecule has 3 fully saturated rings. The number of nitrogens with one attached hydrogen (secondary N) is 1. The highest BCUT2D eigenvalue weighted by molar-refractivity contribution is 4.91. The molecule has 0 aromatic rings. The molecule has 1 N–H and O–H groups in total. The van der Waals surface area contributed by atoms with E-state index in [0.29, 0.717) is 6.04 Å². The first-order chi connectivity index (χ1) is 9.16. The molecule has 2 atom stereocenters. The molecule has 2 unspecified atom stereocenters. The molecule has 0 aromatic heterocycles. The van der Waals surface area contributed by atoms with Crippen LogP contribution >= 0.6 is 0 Å². The van der Waals surface area contributed by atoms with Crippen molar-refractivity contribution in [3.63, 3.8) is 0 Å². The number of fused-ring (bicyclic) bond motifs is 1. The van der Waals surface area contributed by atoms with Crippen molar-refractivity contribution in [1.82, 2.24) is 15.1 Å². The summed E-state index contributed by atoms with van der Waals surface area (Å²) in [6.45, 7) is 12.4. The van der Waals surface area contributed by atoms with Crippen LogP contribution in [0.1, 0.15) is 33.1 Å². The Bertz CT molecular complexity index is 306. The van der Waals surface area contributed by atoms with Gasteiger partial charge in [0.1, 0.15) is 0 Å². The SMILES string of the molecule is CC1CN2CCCCC2CN1CCOC1(C)CNC1. The van der Waals surface area contributed by atoms with E-state index in [-0.39, 0.29) is 5.60 Å². The molecule has 0 saturated carbocycles. The highest BCUT2D eigenvalue weighted by atomic mass is 16.5. The summed E-state index contributed by atoms with van der Waals surface area (Å²) in [5.41, 5.74) is 0.107. The molecule has 3 heterocycles. The Morgan fingerprint density at radius 3 is 2.84 bits per heavy atom. The van der Waals surface area contributed by atoms with Gasteiger partial charge in [0.05, 0.1) is 12.2 Å². The maximum atomic E-state index is 6.03. The van der Waals surface area contributed by atoms with E-state index >= 15 is 0 Å². The topological polar surface area (TPSA) is 27.7 Å². The number of ether oxygens (including phenoxy) is 1. The van der Waals surface area contributed by atoms with Gasteiger partial charge < -0.3 is 10.1 Å². The zero-order chi connectivity index (χ0) is 13.3. The van der Waals surface area contributed by atoms with E-state index in [9.17, 15) is 0 Å². The summed E-state index contributed by atoms with van der Waals surface area (Å²) in [4.78, 5) is 5.35. The van der Waals surface area contributed by atoms with Crippen LogP contribution in [-0.4, -0.2) is 73.4 Å². The van der Waals surface area contributed by atoms with Crippen LogP contribution in [0.3, 0.4) is 0 Å². The van der Waals surface area contributed by atoms with E-state index in [0.717, 1.165) is 32.3 Å². The maximum Gasteiger partial charge on any atom is 0.0902 e. The van der Waals surface area contributed by atoms with E-state index < -0.39 is 0 Å². The molecule has 3 aliphatic heterocycles. The molecule has 0 aliphatic carbocycles. The minimum absolute atomic E-state index is 0.107. The van der Waals surface area contributed by atoms with Crippen molar-refractivity contribution in [2.24, 2.45) is 0 Å². The number of piperidine rings is 1. The van der Waals surface area contributed by atoms with Crippen LogP contribution in [0.4, 0.5) is 0 Å². The number of nitrogens with zero attached hydrogens (tertiary/aromatic N) is 2. The van der Waals surface area contributed by atoms with Gasteiger partial charge in [-0.15, -0.1) is 0 Å². The van der Waals surface area contributed by atoms with E-state index in [1.165, 1.54) is 38.9 Å². The Labute approximate surface area is 117 Å². The first kappa shape index (κ1) is 13.8. The van der Waals surface area contributed by atoms with Gasteiger partial charge in [-0.1, -0.05) is 6.42 Å². The molecule has 19 heavy (non-hydrogen) atoms. The lowest BCUT2D eigenvalue weighted by atomic mass is 9.97. The lowest BCUT2D eigenvalue weighted by Gasteiger charge is -2.48. The van der Waals surface area contributed by atoms with Crippen LogP contribution in [-0.2, 0) is 4.74 Å². The predicted molar refractivity (Wildman–Crippen MR) is 77.5 cm³/mol. The van der Waals surface area contributed by atoms with Crippen molar-refractivity contribution in [3.8, 4) is 0 Å². The Hall–Kier alpha value is -0.160. The van der Waals surface area contributed by atoms with Crippen molar-refractivity contribution in [3.05, 3.63) is 0 Å². The van der Waals surface area contributed by atoms with Crippen molar-refractivity contribution in [1.29, 1.82) is 0 Å². The van der Waals surface area contributed by atoms with Gasteiger partial charge in [0.25, 0.3) is 0 Å². The van der Waals surface area contributed by atoms with Crippen molar-refractivity contribution >= 4 is 0 Å². The summed E-state index contributed by atoms with van der Waals surface area (Å²) in [5, 5.41) is 3.29. The average Bonchev–Trinajstić information content (AvgIpc) is 2.37. The van der Waals surface area contributed by atoms with Crippen molar-refractivity contribution in [2.75, 3.05) is 45.9 Å². The third kappa shape index (κ3) is 3.13.